The predicted molar refractivity (Wildman–Crippen MR) is 115 cm³/mol. The van der Waals surface area contributed by atoms with Gasteiger partial charge in [-0.1, -0.05) is 29.8 Å². The molecule has 0 unspecified atom stereocenters. The van der Waals surface area contributed by atoms with Gasteiger partial charge in [-0.25, -0.2) is 9.97 Å². The number of aromatic nitrogens is 2. The molecule has 1 atom stereocenters. The first-order chi connectivity index (χ1) is 14.3. The minimum absolute atomic E-state index is 0.393. The third-order valence-electron chi connectivity index (χ3n) is 5.76. The van der Waals surface area contributed by atoms with Gasteiger partial charge >= 0.3 is 0 Å². The monoisotopic (exact) mass is 406 g/mol. The molecule has 6 heteroatoms. The molecule has 0 aliphatic carbocycles. The van der Waals surface area contributed by atoms with Gasteiger partial charge in [0, 0.05) is 60.4 Å². The molecule has 3 aromatic rings. The predicted octanol–water partition coefficient (Wildman–Crippen LogP) is 4.48. The molecule has 1 aromatic heterocycles. The van der Waals surface area contributed by atoms with Crippen molar-refractivity contribution in [3.05, 3.63) is 77.3 Å². The molecule has 0 N–H and O–H groups in total. The summed E-state index contributed by atoms with van der Waals surface area (Å²) in [6.45, 7) is 3.68. The van der Waals surface area contributed by atoms with Crippen molar-refractivity contribution >= 4 is 23.0 Å². The lowest BCUT2D eigenvalue weighted by Crippen LogP contribution is -2.35. The lowest BCUT2D eigenvalue weighted by atomic mass is 10.1. The summed E-state index contributed by atoms with van der Waals surface area (Å²) in [4.78, 5) is 13.2. The summed E-state index contributed by atoms with van der Waals surface area (Å²) in [7, 11) is 0. The van der Waals surface area contributed by atoms with Gasteiger partial charge < -0.3 is 14.5 Å². The van der Waals surface area contributed by atoms with E-state index in [1.807, 2.05) is 24.5 Å². The molecular weight excluding hydrogens is 384 g/mol. The van der Waals surface area contributed by atoms with Gasteiger partial charge in [0.1, 0.15) is 18.7 Å². The van der Waals surface area contributed by atoms with Crippen LogP contribution in [-0.2, 0) is 13.0 Å². The molecule has 5 rings (SSSR count). The highest BCUT2D eigenvalue weighted by molar-refractivity contribution is 6.30. The zero-order chi connectivity index (χ0) is 19.6. The molecule has 0 radical (unpaired) electrons. The van der Waals surface area contributed by atoms with Crippen LogP contribution < -0.4 is 9.64 Å². The highest BCUT2D eigenvalue weighted by atomic mass is 35.5. The van der Waals surface area contributed by atoms with Crippen LogP contribution in [0.25, 0.3) is 0 Å². The maximum Gasteiger partial charge on any atom is 0.144 e. The number of anilines is 2. The number of ether oxygens (including phenoxy) is 1. The fraction of sp³-hybridized carbons (Fsp3) is 0.304. The van der Waals surface area contributed by atoms with E-state index in [9.17, 15) is 0 Å². The van der Waals surface area contributed by atoms with Crippen LogP contribution in [0, 0.1) is 0 Å². The molecule has 5 nitrogen and oxygen atoms in total. The molecule has 0 saturated carbocycles. The van der Waals surface area contributed by atoms with Crippen LogP contribution in [0.4, 0.5) is 11.4 Å². The Hall–Kier alpha value is -2.63. The van der Waals surface area contributed by atoms with E-state index in [1.54, 1.807) is 6.33 Å². The van der Waals surface area contributed by atoms with E-state index in [2.05, 4.69) is 50.1 Å². The lowest BCUT2D eigenvalue weighted by molar-refractivity contribution is 0.310. The smallest absolute Gasteiger partial charge is 0.144 e. The molecule has 2 aliphatic rings. The zero-order valence-corrected chi connectivity index (χ0v) is 16.9. The van der Waals surface area contributed by atoms with E-state index >= 15 is 0 Å². The Morgan fingerprint density at radius 3 is 2.83 bits per heavy atom. The highest BCUT2D eigenvalue weighted by Crippen LogP contribution is 2.43. The quantitative estimate of drug-likeness (QED) is 0.639. The lowest BCUT2D eigenvalue weighted by Gasteiger charge is -2.32. The van der Waals surface area contributed by atoms with Crippen molar-refractivity contribution < 1.29 is 4.74 Å². The van der Waals surface area contributed by atoms with Gasteiger partial charge in [-0.15, -0.1) is 0 Å². The molecule has 0 amide bonds. The van der Waals surface area contributed by atoms with Crippen LogP contribution in [0.2, 0.25) is 5.02 Å². The van der Waals surface area contributed by atoms with Crippen molar-refractivity contribution in [2.24, 2.45) is 0 Å². The van der Waals surface area contributed by atoms with Crippen LogP contribution in [0.3, 0.4) is 0 Å². The number of hydrogen-bond donors (Lipinski definition) is 0. The van der Waals surface area contributed by atoms with Crippen LogP contribution in [0.15, 0.2) is 61.2 Å². The van der Waals surface area contributed by atoms with E-state index in [0.717, 1.165) is 43.9 Å². The maximum absolute atomic E-state index is 6.25. The van der Waals surface area contributed by atoms with Gasteiger partial charge in [0.05, 0.1) is 5.69 Å². The van der Waals surface area contributed by atoms with Crippen molar-refractivity contribution in [1.29, 1.82) is 0 Å². The van der Waals surface area contributed by atoms with Crippen LogP contribution in [0.1, 0.15) is 17.5 Å². The van der Waals surface area contributed by atoms with Gasteiger partial charge in [0.2, 0.25) is 0 Å². The Morgan fingerprint density at radius 1 is 1.07 bits per heavy atom. The minimum atomic E-state index is 0.393. The normalized spacial score (nSPS) is 18.7. The maximum atomic E-state index is 6.25. The summed E-state index contributed by atoms with van der Waals surface area (Å²) >= 11 is 6.25. The summed E-state index contributed by atoms with van der Waals surface area (Å²) in [5.41, 5.74) is 4.73. The average Bonchev–Trinajstić information content (AvgIpc) is 3.16. The number of nitrogens with zero attached hydrogens (tertiary/aromatic N) is 4. The molecule has 0 spiro atoms. The van der Waals surface area contributed by atoms with E-state index in [4.69, 9.17) is 16.3 Å². The summed E-state index contributed by atoms with van der Waals surface area (Å²) in [5.74, 6) is 0.855. The molecule has 2 aromatic carbocycles. The van der Waals surface area contributed by atoms with E-state index < -0.39 is 0 Å². The Kier molecular flexibility index (Phi) is 5.08. The molecule has 1 fully saturated rings. The summed E-state index contributed by atoms with van der Waals surface area (Å²) in [5, 5.41) is 0.702. The van der Waals surface area contributed by atoms with Crippen LogP contribution in [-0.4, -0.2) is 40.5 Å². The fourth-order valence-electron chi connectivity index (χ4n) is 4.32. The molecular formula is C23H23ClN4O. The molecule has 1 saturated heterocycles. The second kappa shape index (κ2) is 8.01. The summed E-state index contributed by atoms with van der Waals surface area (Å²) < 4.78 is 6.12. The average molecular weight is 407 g/mol. The Bertz CT molecular complexity index is 997. The number of para-hydroxylation sites is 1. The first kappa shape index (κ1) is 18.4. The SMILES string of the molecule is Clc1ccc2c(c1)OCc1ccccc1N2[C@@H]1CCN(CCc2cncnc2)C1. The highest BCUT2D eigenvalue weighted by Gasteiger charge is 2.32. The number of halogens is 1. The van der Waals surface area contributed by atoms with Crippen molar-refractivity contribution in [2.75, 3.05) is 24.5 Å². The molecule has 0 bridgehead atoms. The minimum Gasteiger partial charge on any atom is -0.487 e. The van der Waals surface area contributed by atoms with Gasteiger partial charge in [-0.2, -0.15) is 0 Å². The molecule has 29 heavy (non-hydrogen) atoms. The van der Waals surface area contributed by atoms with E-state index in [0.29, 0.717) is 17.7 Å². The van der Waals surface area contributed by atoms with Gasteiger partial charge in [-0.3, -0.25) is 0 Å². The van der Waals surface area contributed by atoms with Crippen molar-refractivity contribution in [3.8, 4) is 5.75 Å². The molecule has 2 aliphatic heterocycles. The second-order valence-corrected chi connectivity index (χ2v) is 8.08. The summed E-state index contributed by atoms with van der Waals surface area (Å²) in [6.07, 6.45) is 7.48. The van der Waals surface area contributed by atoms with E-state index in [-0.39, 0.29) is 0 Å². The zero-order valence-electron chi connectivity index (χ0n) is 16.2. The topological polar surface area (TPSA) is 41.5 Å². The fourth-order valence-corrected chi connectivity index (χ4v) is 4.48. The van der Waals surface area contributed by atoms with Crippen molar-refractivity contribution in [2.45, 2.75) is 25.5 Å². The van der Waals surface area contributed by atoms with Crippen molar-refractivity contribution in [1.82, 2.24) is 14.9 Å². The largest absolute Gasteiger partial charge is 0.487 e. The number of rotatable bonds is 4. The van der Waals surface area contributed by atoms with Crippen molar-refractivity contribution in [3.63, 3.8) is 0 Å². The molecule has 148 valence electrons. The van der Waals surface area contributed by atoms with Gasteiger partial charge in [0.15, 0.2) is 0 Å². The number of hydrogen-bond acceptors (Lipinski definition) is 5. The van der Waals surface area contributed by atoms with Gasteiger partial charge in [0.25, 0.3) is 0 Å². The number of benzene rings is 2. The Balaban J connectivity index is 1.40. The standard InChI is InChI=1S/C23H23ClN4O/c24-19-5-6-22-23(11-19)29-15-18-3-1-2-4-21(18)28(22)20-8-10-27(14-20)9-7-17-12-25-16-26-13-17/h1-6,11-13,16,20H,7-10,14-15H2/t20-/m1/s1. The molecule has 3 heterocycles. The summed E-state index contributed by atoms with van der Waals surface area (Å²) in [6, 6.07) is 14.9. The van der Waals surface area contributed by atoms with Crippen LogP contribution >= 0.6 is 11.6 Å². The Labute approximate surface area is 175 Å². The third-order valence-corrected chi connectivity index (χ3v) is 5.99. The third kappa shape index (κ3) is 3.80. The first-order valence-corrected chi connectivity index (χ1v) is 10.4. The van der Waals surface area contributed by atoms with Gasteiger partial charge in [-0.05, 0) is 36.6 Å². The van der Waals surface area contributed by atoms with E-state index in [1.165, 1.54) is 16.8 Å². The Morgan fingerprint density at radius 2 is 1.93 bits per heavy atom. The van der Waals surface area contributed by atoms with Crippen LogP contribution in [0.5, 0.6) is 5.75 Å². The first-order valence-electron chi connectivity index (χ1n) is 10.0. The number of likely N-dealkylation sites (tertiary alicyclic amines) is 1. The number of fused-ring (bicyclic) bond motifs is 2. The second-order valence-electron chi connectivity index (χ2n) is 7.64.